The highest BCUT2D eigenvalue weighted by Gasteiger charge is 2.24. The van der Waals surface area contributed by atoms with Gasteiger partial charge in [0.25, 0.3) is 0 Å². The van der Waals surface area contributed by atoms with E-state index in [1.165, 1.54) is 29.2 Å². The van der Waals surface area contributed by atoms with Gasteiger partial charge in [0.1, 0.15) is 0 Å². The molecule has 0 saturated carbocycles. The fourth-order valence-electron chi connectivity index (χ4n) is 2.85. The molecule has 3 N–H and O–H groups in total. The van der Waals surface area contributed by atoms with Crippen molar-refractivity contribution in [2.75, 3.05) is 11.1 Å². The minimum Gasteiger partial charge on any atom is -0.368 e. The first-order chi connectivity index (χ1) is 10.4. The van der Waals surface area contributed by atoms with Crippen LogP contribution >= 0.6 is 0 Å². The lowest BCUT2D eigenvalue weighted by molar-refractivity contribution is 0.356. The SMILES string of the molecule is Cc1cc2c(cc1C)[C@H](Nc1nc(N)nc([C@@H](C)F)n1)CC2. The number of anilines is 2. The van der Waals surface area contributed by atoms with E-state index in [2.05, 4.69) is 46.2 Å². The molecule has 5 nitrogen and oxygen atoms in total. The quantitative estimate of drug-likeness (QED) is 0.910. The lowest BCUT2D eigenvalue weighted by Gasteiger charge is -2.16. The van der Waals surface area contributed by atoms with Crippen LogP contribution in [0.5, 0.6) is 0 Å². The molecule has 0 aliphatic heterocycles. The summed E-state index contributed by atoms with van der Waals surface area (Å²) in [6.07, 6.45) is 0.706. The van der Waals surface area contributed by atoms with Gasteiger partial charge in [-0.1, -0.05) is 12.1 Å². The zero-order chi connectivity index (χ0) is 15.9. The van der Waals surface area contributed by atoms with Crippen LogP contribution in [0.4, 0.5) is 16.3 Å². The van der Waals surface area contributed by atoms with E-state index in [4.69, 9.17) is 5.73 Å². The maximum absolute atomic E-state index is 13.4. The third-order valence-corrected chi connectivity index (χ3v) is 4.16. The molecule has 0 unspecified atom stereocenters. The van der Waals surface area contributed by atoms with E-state index < -0.39 is 6.17 Å². The minimum atomic E-state index is -1.27. The lowest BCUT2D eigenvalue weighted by atomic mass is 10.0. The maximum atomic E-state index is 13.4. The number of rotatable bonds is 3. The summed E-state index contributed by atoms with van der Waals surface area (Å²) in [4.78, 5) is 12.0. The van der Waals surface area contributed by atoms with E-state index >= 15 is 0 Å². The molecule has 1 aliphatic carbocycles. The molecule has 1 heterocycles. The summed E-state index contributed by atoms with van der Waals surface area (Å²) >= 11 is 0. The molecule has 0 bridgehead atoms. The molecule has 22 heavy (non-hydrogen) atoms. The Morgan fingerprint density at radius 1 is 1.23 bits per heavy atom. The van der Waals surface area contributed by atoms with Crippen LogP contribution in [0.25, 0.3) is 0 Å². The number of nitrogens with one attached hydrogen (secondary N) is 1. The molecule has 0 spiro atoms. The second kappa shape index (κ2) is 5.51. The fourth-order valence-corrected chi connectivity index (χ4v) is 2.85. The zero-order valence-corrected chi connectivity index (χ0v) is 13.0. The third-order valence-electron chi connectivity index (χ3n) is 4.16. The van der Waals surface area contributed by atoms with Gasteiger partial charge in [0, 0.05) is 0 Å². The van der Waals surface area contributed by atoms with Crippen LogP contribution in [0.3, 0.4) is 0 Å². The van der Waals surface area contributed by atoms with Gasteiger partial charge in [-0.15, -0.1) is 0 Å². The second-order valence-electron chi connectivity index (χ2n) is 5.86. The van der Waals surface area contributed by atoms with Crippen molar-refractivity contribution < 1.29 is 4.39 Å². The van der Waals surface area contributed by atoms with Gasteiger partial charge in [-0.25, -0.2) is 4.39 Å². The van der Waals surface area contributed by atoms with Crippen molar-refractivity contribution in [1.82, 2.24) is 15.0 Å². The fraction of sp³-hybridized carbons (Fsp3) is 0.438. The summed E-state index contributed by atoms with van der Waals surface area (Å²) in [5, 5.41) is 3.27. The molecular weight excluding hydrogens is 281 g/mol. The van der Waals surface area contributed by atoms with Gasteiger partial charge in [-0.2, -0.15) is 15.0 Å². The Bertz CT molecular complexity index is 714. The number of nitrogens with zero attached hydrogens (tertiary/aromatic N) is 3. The number of hydrogen-bond acceptors (Lipinski definition) is 5. The molecule has 1 aromatic carbocycles. The predicted octanol–water partition coefficient (Wildman–Crippen LogP) is 3.20. The lowest BCUT2D eigenvalue weighted by Crippen LogP contribution is -2.14. The Hall–Kier alpha value is -2.24. The second-order valence-corrected chi connectivity index (χ2v) is 5.86. The third kappa shape index (κ3) is 2.73. The standard InChI is InChI=1S/C16H20FN5/c1-8-6-11-4-5-13(12(11)7-9(8)2)19-16-21-14(10(3)17)20-15(18)22-16/h6-7,10,13H,4-5H2,1-3H3,(H3,18,19,20,21,22)/t10-,13-/m1/s1. The van der Waals surface area contributed by atoms with Crippen LogP contribution in [0, 0.1) is 13.8 Å². The Balaban J connectivity index is 1.89. The van der Waals surface area contributed by atoms with Crippen molar-refractivity contribution in [1.29, 1.82) is 0 Å². The summed E-state index contributed by atoms with van der Waals surface area (Å²) in [5.74, 6) is 0.437. The van der Waals surface area contributed by atoms with Crippen LogP contribution in [0.1, 0.15) is 53.6 Å². The number of hydrogen-bond donors (Lipinski definition) is 2. The number of benzene rings is 1. The van der Waals surface area contributed by atoms with Crippen molar-refractivity contribution in [2.45, 2.75) is 45.8 Å². The van der Waals surface area contributed by atoms with Crippen LogP contribution in [-0.2, 0) is 6.42 Å². The summed E-state index contributed by atoms with van der Waals surface area (Å²) in [5.41, 5.74) is 10.8. The summed E-state index contributed by atoms with van der Waals surface area (Å²) in [6, 6.07) is 4.57. The topological polar surface area (TPSA) is 76.7 Å². The van der Waals surface area contributed by atoms with Gasteiger partial charge >= 0.3 is 0 Å². The Morgan fingerprint density at radius 2 is 1.95 bits per heavy atom. The smallest absolute Gasteiger partial charge is 0.228 e. The Labute approximate surface area is 129 Å². The molecule has 2 aromatic rings. The van der Waals surface area contributed by atoms with Gasteiger partial charge in [-0.05, 0) is 55.9 Å². The van der Waals surface area contributed by atoms with Gasteiger partial charge in [-0.3, -0.25) is 0 Å². The molecule has 6 heteroatoms. The average Bonchev–Trinajstić information content (AvgIpc) is 2.81. The van der Waals surface area contributed by atoms with Crippen molar-refractivity contribution >= 4 is 11.9 Å². The Kier molecular flexibility index (Phi) is 3.68. The molecule has 0 radical (unpaired) electrons. The molecular formula is C16H20FN5. The normalized spacial score (nSPS) is 18.1. The number of nitrogen functional groups attached to an aromatic ring is 1. The van der Waals surface area contributed by atoms with Crippen molar-refractivity contribution in [3.05, 3.63) is 40.2 Å². The van der Waals surface area contributed by atoms with E-state index in [1.807, 2.05) is 0 Å². The molecule has 1 aliphatic rings. The van der Waals surface area contributed by atoms with E-state index in [9.17, 15) is 4.39 Å². The zero-order valence-electron chi connectivity index (χ0n) is 13.0. The van der Waals surface area contributed by atoms with Crippen LogP contribution in [0.2, 0.25) is 0 Å². The van der Waals surface area contributed by atoms with Gasteiger partial charge in [0.05, 0.1) is 6.04 Å². The first-order valence-electron chi connectivity index (χ1n) is 7.46. The van der Waals surface area contributed by atoms with E-state index in [0.717, 1.165) is 12.8 Å². The summed E-state index contributed by atoms with van der Waals surface area (Å²) in [7, 11) is 0. The van der Waals surface area contributed by atoms with E-state index in [1.54, 1.807) is 0 Å². The number of fused-ring (bicyclic) bond motifs is 1. The van der Waals surface area contributed by atoms with Gasteiger partial charge < -0.3 is 11.1 Å². The molecule has 0 fully saturated rings. The number of nitrogens with two attached hydrogens (primary N) is 1. The van der Waals surface area contributed by atoms with Crippen LogP contribution in [-0.4, -0.2) is 15.0 Å². The summed E-state index contributed by atoms with van der Waals surface area (Å²) < 4.78 is 13.4. The predicted molar refractivity (Wildman–Crippen MR) is 84.4 cm³/mol. The minimum absolute atomic E-state index is 0.0373. The highest BCUT2D eigenvalue weighted by molar-refractivity contribution is 5.46. The molecule has 1 aromatic heterocycles. The Morgan fingerprint density at radius 3 is 2.68 bits per heavy atom. The highest BCUT2D eigenvalue weighted by Crippen LogP contribution is 2.35. The highest BCUT2D eigenvalue weighted by atomic mass is 19.1. The van der Waals surface area contributed by atoms with Gasteiger partial charge in [0.2, 0.25) is 11.9 Å². The number of aryl methyl sites for hydroxylation is 3. The average molecular weight is 301 g/mol. The van der Waals surface area contributed by atoms with E-state index in [-0.39, 0.29) is 17.8 Å². The first-order valence-corrected chi connectivity index (χ1v) is 7.46. The largest absolute Gasteiger partial charge is 0.368 e. The van der Waals surface area contributed by atoms with Crippen LogP contribution < -0.4 is 11.1 Å². The molecule has 0 amide bonds. The van der Waals surface area contributed by atoms with Crippen molar-refractivity contribution in [3.8, 4) is 0 Å². The van der Waals surface area contributed by atoms with Gasteiger partial charge in [0.15, 0.2) is 12.0 Å². The van der Waals surface area contributed by atoms with Crippen molar-refractivity contribution in [3.63, 3.8) is 0 Å². The number of alkyl halides is 1. The monoisotopic (exact) mass is 301 g/mol. The van der Waals surface area contributed by atoms with E-state index in [0.29, 0.717) is 5.95 Å². The molecule has 3 rings (SSSR count). The number of aromatic nitrogens is 3. The number of halogens is 1. The maximum Gasteiger partial charge on any atom is 0.228 e. The summed E-state index contributed by atoms with van der Waals surface area (Å²) in [6.45, 7) is 5.61. The molecule has 2 atom stereocenters. The molecule has 0 saturated heterocycles. The first kappa shape index (κ1) is 14.7. The van der Waals surface area contributed by atoms with Crippen LogP contribution in [0.15, 0.2) is 12.1 Å². The van der Waals surface area contributed by atoms with Crippen molar-refractivity contribution in [2.24, 2.45) is 0 Å². The molecule has 116 valence electrons.